The van der Waals surface area contributed by atoms with Crippen LogP contribution in [0.15, 0.2) is 12.5 Å². The topological polar surface area (TPSA) is 95.2 Å². The third kappa shape index (κ3) is 2.31. The van der Waals surface area contributed by atoms with Gasteiger partial charge in [-0.2, -0.15) is 0 Å². The van der Waals surface area contributed by atoms with Crippen LogP contribution in [0.3, 0.4) is 0 Å². The zero-order valence-corrected chi connectivity index (χ0v) is 11.0. The highest BCUT2D eigenvalue weighted by Gasteiger charge is 2.42. The van der Waals surface area contributed by atoms with Crippen LogP contribution in [0.25, 0.3) is 0 Å². The van der Waals surface area contributed by atoms with E-state index in [1.165, 1.54) is 12.5 Å². The molecule has 0 bridgehead atoms. The first kappa shape index (κ1) is 12.8. The summed E-state index contributed by atoms with van der Waals surface area (Å²) >= 11 is 0. The summed E-state index contributed by atoms with van der Waals surface area (Å²) in [5.41, 5.74) is 0.211. The Labute approximate surface area is 115 Å². The van der Waals surface area contributed by atoms with Crippen LogP contribution in [0.1, 0.15) is 36.2 Å². The molecule has 3 rings (SSSR count). The van der Waals surface area contributed by atoms with Gasteiger partial charge in [-0.25, -0.2) is 4.98 Å². The highest BCUT2D eigenvalue weighted by molar-refractivity contribution is 5.98. The number of carbonyl (C=O) groups is 3. The molecule has 0 atom stereocenters. The first-order valence-corrected chi connectivity index (χ1v) is 6.68. The number of imidazole rings is 1. The van der Waals surface area contributed by atoms with E-state index >= 15 is 0 Å². The number of nitrogens with one attached hydrogen (secondary N) is 2. The maximum Gasteiger partial charge on any atom is 0.271 e. The minimum absolute atomic E-state index is 0.0797. The second-order valence-electron chi connectivity index (χ2n) is 5.58. The molecule has 1 aromatic rings. The molecule has 7 nitrogen and oxygen atoms in total. The zero-order chi connectivity index (χ0) is 14.2. The zero-order valence-electron chi connectivity index (χ0n) is 11.0. The molecule has 1 aromatic heterocycles. The second kappa shape index (κ2) is 4.73. The fraction of sp³-hybridized carbons (Fsp3) is 0.538. The molecule has 20 heavy (non-hydrogen) atoms. The smallest absolute Gasteiger partial charge is 0.271 e. The van der Waals surface area contributed by atoms with Crippen LogP contribution in [0, 0.1) is 5.41 Å². The lowest BCUT2D eigenvalue weighted by Gasteiger charge is -2.42. The fourth-order valence-electron chi connectivity index (χ4n) is 3.07. The normalized spacial score (nSPS) is 21.9. The Morgan fingerprint density at radius 3 is 2.40 bits per heavy atom. The number of H-pyrrole nitrogens is 1. The van der Waals surface area contributed by atoms with Crippen molar-refractivity contribution in [1.82, 2.24) is 20.2 Å². The molecule has 2 saturated heterocycles. The molecule has 3 heterocycles. The highest BCUT2D eigenvalue weighted by atomic mass is 16.2. The van der Waals surface area contributed by atoms with Crippen molar-refractivity contribution in [2.45, 2.75) is 25.7 Å². The minimum Gasteiger partial charge on any atom is -0.341 e. The predicted octanol–water partition coefficient (Wildman–Crippen LogP) is 0.0687. The molecule has 0 saturated carbocycles. The molecule has 0 aliphatic carbocycles. The van der Waals surface area contributed by atoms with E-state index < -0.39 is 0 Å². The van der Waals surface area contributed by atoms with Crippen LogP contribution >= 0.6 is 0 Å². The van der Waals surface area contributed by atoms with Gasteiger partial charge in [0.2, 0.25) is 11.8 Å². The summed E-state index contributed by atoms with van der Waals surface area (Å²) in [4.78, 5) is 43.6. The largest absolute Gasteiger partial charge is 0.341 e. The number of hydrogen-bond acceptors (Lipinski definition) is 4. The third-order valence-corrected chi connectivity index (χ3v) is 4.19. The number of likely N-dealkylation sites (tertiary alicyclic amines) is 1. The molecule has 0 aromatic carbocycles. The Morgan fingerprint density at radius 2 is 1.85 bits per heavy atom. The van der Waals surface area contributed by atoms with Crippen LogP contribution in [0.2, 0.25) is 0 Å². The molecule has 3 amide bonds. The second-order valence-corrected chi connectivity index (χ2v) is 5.58. The molecular weight excluding hydrogens is 260 g/mol. The lowest BCUT2D eigenvalue weighted by molar-refractivity contribution is -0.139. The number of aromatic amines is 1. The molecule has 2 aliphatic rings. The molecule has 7 heteroatoms. The Balaban J connectivity index is 1.66. The number of imide groups is 1. The Bertz CT molecular complexity index is 526. The van der Waals surface area contributed by atoms with E-state index in [2.05, 4.69) is 15.3 Å². The Kier molecular flexibility index (Phi) is 3.04. The van der Waals surface area contributed by atoms with Crippen molar-refractivity contribution >= 4 is 17.7 Å². The summed E-state index contributed by atoms with van der Waals surface area (Å²) < 4.78 is 0. The van der Waals surface area contributed by atoms with Gasteiger partial charge in [-0.05, 0) is 18.3 Å². The third-order valence-electron chi connectivity index (χ3n) is 4.19. The summed E-state index contributed by atoms with van der Waals surface area (Å²) in [6.45, 7) is 1.14. The van der Waals surface area contributed by atoms with Crippen LogP contribution < -0.4 is 5.32 Å². The maximum absolute atomic E-state index is 12.2. The Morgan fingerprint density at radius 1 is 1.20 bits per heavy atom. The van der Waals surface area contributed by atoms with Crippen molar-refractivity contribution in [1.29, 1.82) is 0 Å². The summed E-state index contributed by atoms with van der Waals surface area (Å²) in [5, 5.41) is 2.34. The summed E-state index contributed by atoms with van der Waals surface area (Å²) in [5.74, 6) is -0.479. The average Bonchev–Trinajstić information content (AvgIpc) is 2.91. The van der Waals surface area contributed by atoms with Crippen molar-refractivity contribution in [2.24, 2.45) is 5.41 Å². The average molecular weight is 276 g/mol. The predicted molar refractivity (Wildman–Crippen MR) is 68.5 cm³/mol. The number of hydrogen-bond donors (Lipinski definition) is 2. The maximum atomic E-state index is 12.2. The lowest BCUT2D eigenvalue weighted by atomic mass is 9.71. The SMILES string of the molecule is O=C1CC2(CCN(C(=O)c3cnc[nH]3)CC2)CC(=O)N1. The highest BCUT2D eigenvalue weighted by Crippen LogP contribution is 2.40. The van der Waals surface area contributed by atoms with E-state index in [-0.39, 0.29) is 23.1 Å². The van der Waals surface area contributed by atoms with E-state index in [1.807, 2.05) is 0 Å². The molecule has 1 spiro atoms. The first-order chi connectivity index (χ1) is 9.58. The van der Waals surface area contributed by atoms with Crippen LogP contribution in [-0.4, -0.2) is 45.7 Å². The van der Waals surface area contributed by atoms with Gasteiger partial charge < -0.3 is 9.88 Å². The minimum atomic E-state index is -0.260. The van der Waals surface area contributed by atoms with Crippen LogP contribution in [0.4, 0.5) is 0 Å². The van der Waals surface area contributed by atoms with E-state index in [1.54, 1.807) is 4.90 Å². The lowest BCUT2D eigenvalue weighted by Crippen LogP contribution is -2.50. The van der Waals surface area contributed by atoms with Gasteiger partial charge in [0.15, 0.2) is 0 Å². The van der Waals surface area contributed by atoms with Crippen molar-refractivity contribution in [3.05, 3.63) is 18.2 Å². The summed E-state index contributed by atoms with van der Waals surface area (Å²) in [7, 11) is 0. The van der Waals surface area contributed by atoms with Crippen molar-refractivity contribution in [2.75, 3.05) is 13.1 Å². The number of rotatable bonds is 1. The monoisotopic (exact) mass is 276 g/mol. The number of nitrogens with zero attached hydrogens (tertiary/aromatic N) is 2. The van der Waals surface area contributed by atoms with Crippen LogP contribution in [0.5, 0.6) is 0 Å². The molecule has 0 radical (unpaired) electrons. The molecule has 2 N–H and O–H groups in total. The van der Waals surface area contributed by atoms with Crippen molar-refractivity contribution in [3.8, 4) is 0 Å². The molecule has 0 unspecified atom stereocenters. The van der Waals surface area contributed by atoms with E-state index in [0.717, 1.165) is 0 Å². The van der Waals surface area contributed by atoms with Gasteiger partial charge in [0, 0.05) is 25.9 Å². The van der Waals surface area contributed by atoms with E-state index in [9.17, 15) is 14.4 Å². The fourth-order valence-corrected chi connectivity index (χ4v) is 3.07. The van der Waals surface area contributed by atoms with Gasteiger partial charge in [0.1, 0.15) is 5.69 Å². The van der Waals surface area contributed by atoms with Crippen LogP contribution in [-0.2, 0) is 9.59 Å². The summed E-state index contributed by atoms with van der Waals surface area (Å²) in [6, 6.07) is 0. The first-order valence-electron chi connectivity index (χ1n) is 6.68. The standard InChI is InChI=1S/C13H16N4O3/c18-10-5-13(6-11(19)16-10)1-3-17(4-2-13)12(20)9-7-14-8-15-9/h7-8H,1-6H2,(H,14,15)(H,16,18,19). The Hall–Kier alpha value is -2.18. The molecule has 2 aliphatic heterocycles. The van der Waals surface area contributed by atoms with Crippen molar-refractivity contribution < 1.29 is 14.4 Å². The molecule has 106 valence electrons. The quantitative estimate of drug-likeness (QED) is 0.709. The van der Waals surface area contributed by atoms with Gasteiger partial charge in [-0.3, -0.25) is 19.7 Å². The van der Waals surface area contributed by atoms with E-state index in [0.29, 0.717) is 44.5 Å². The van der Waals surface area contributed by atoms with Gasteiger partial charge in [0.05, 0.1) is 12.5 Å². The van der Waals surface area contributed by atoms with Crippen molar-refractivity contribution in [3.63, 3.8) is 0 Å². The van der Waals surface area contributed by atoms with Gasteiger partial charge in [-0.1, -0.05) is 0 Å². The number of aromatic nitrogens is 2. The number of amides is 3. The molecule has 2 fully saturated rings. The summed E-state index contributed by atoms with van der Waals surface area (Å²) in [6.07, 6.45) is 5.11. The van der Waals surface area contributed by atoms with E-state index in [4.69, 9.17) is 0 Å². The van der Waals surface area contributed by atoms with Gasteiger partial charge in [0.25, 0.3) is 5.91 Å². The van der Waals surface area contributed by atoms with Gasteiger partial charge >= 0.3 is 0 Å². The molecular formula is C13H16N4O3. The number of carbonyl (C=O) groups excluding carboxylic acids is 3. The van der Waals surface area contributed by atoms with Gasteiger partial charge in [-0.15, -0.1) is 0 Å². The number of piperidine rings is 2.